The summed E-state index contributed by atoms with van der Waals surface area (Å²) in [6, 6.07) is 7.07. The summed E-state index contributed by atoms with van der Waals surface area (Å²) in [5, 5.41) is 7.24. The zero-order chi connectivity index (χ0) is 30.6. The van der Waals surface area contributed by atoms with Crippen molar-refractivity contribution in [3.63, 3.8) is 0 Å². The Balaban J connectivity index is 1.23. The van der Waals surface area contributed by atoms with Crippen LogP contribution in [-0.4, -0.2) is 101 Å². The first kappa shape index (κ1) is 30.4. The smallest absolute Gasteiger partial charge is 0.291 e. The van der Waals surface area contributed by atoms with Crippen molar-refractivity contribution in [3.05, 3.63) is 41.3 Å². The topological polar surface area (TPSA) is 123 Å². The van der Waals surface area contributed by atoms with Crippen LogP contribution in [0.1, 0.15) is 22.5 Å². The molecule has 2 aliphatic rings. The fraction of sp³-hybridized carbons (Fsp3) is 0.433. The van der Waals surface area contributed by atoms with Gasteiger partial charge in [0.1, 0.15) is 8.07 Å². The zero-order valence-electron chi connectivity index (χ0n) is 25.7. The molecule has 0 saturated carbocycles. The van der Waals surface area contributed by atoms with Crippen LogP contribution in [0.15, 0.2) is 34.4 Å². The van der Waals surface area contributed by atoms with Crippen LogP contribution >= 0.6 is 0 Å². The molecule has 12 nitrogen and oxygen atoms in total. The predicted molar refractivity (Wildman–Crippen MR) is 168 cm³/mol. The number of piperazine rings is 1. The summed E-state index contributed by atoms with van der Waals surface area (Å²) in [4.78, 5) is 26.8. The molecule has 0 spiro atoms. The lowest BCUT2D eigenvalue weighted by molar-refractivity contribution is 0.0990. The third-order valence-electron chi connectivity index (χ3n) is 7.72. The Labute approximate surface area is 253 Å². The Kier molecular flexibility index (Phi) is 9.23. The maximum Gasteiger partial charge on any atom is 0.291 e. The minimum atomic E-state index is -1.70. The highest BCUT2D eigenvalue weighted by Gasteiger charge is 2.29. The number of nitrogens with one attached hydrogen (secondary N) is 2. The van der Waals surface area contributed by atoms with Gasteiger partial charge in [-0.15, -0.1) is 0 Å². The first-order valence-electron chi connectivity index (χ1n) is 14.4. The quantitative estimate of drug-likeness (QED) is 0.231. The van der Waals surface area contributed by atoms with Gasteiger partial charge in [-0.2, -0.15) is 9.97 Å². The van der Waals surface area contributed by atoms with E-state index < -0.39 is 14.0 Å². The monoisotopic (exact) mass is 608 g/mol. The summed E-state index contributed by atoms with van der Waals surface area (Å²) in [6.07, 6.45) is 3.07. The number of hydrogen-bond donors (Lipinski definition) is 2. The van der Waals surface area contributed by atoms with Gasteiger partial charge in [-0.1, -0.05) is 24.9 Å². The van der Waals surface area contributed by atoms with Crippen LogP contribution in [0.25, 0.3) is 6.08 Å². The second-order valence-corrected chi connectivity index (χ2v) is 15.5. The second-order valence-electron chi connectivity index (χ2n) is 11.2. The van der Waals surface area contributed by atoms with Gasteiger partial charge in [0.25, 0.3) is 11.9 Å². The van der Waals surface area contributed by atoms with E-state index in [4.69, 9.17) is 23.4 Å². The summed E-state index contributed by atoms with van der Waals surface area (Å²) in [5.41, 5.74) is 3.61. The zero-order valence-corrected chi connectivity index (χ0v) is 26.7. The minimum Gasteiger partial charge on any atom is -0.493 e. The maximum absolute atomic E-state index is 13.2. The number of benzene rings is 1. The predicted octanol–water partition coefficient (Wildman–Crippen LogP) is 3.67. The summed E-state index contributed by atoms with van der Waals surface area (Å²) < 4.78 is 28.3. The fourth-order valence-electron chi connectivity index (χ4n) is 5.16. The average Bonchev–Trinajstić information content (AvgIpc) is 3.59. The van der Waals surface area contributed by atoms with Crippen molar-refractivity contribution in [2.24, 2.45) is 0 Å². The number of furan rings is 1. The first-order valence-corrected chi connectivity index (χ1v) is 17.4. The van der Waals surface area contributed by atoms with E-state index in [9.17, 15) is 4.79 Å². The van der Waals surface area contributed by atoms with E-state index in [2.05, 4.69) is 62.3 Å². The molecule has 230 valence electrons. The summed E-state index contributed by atoms with van der Waals surface area (Å²) in [5.74, 6) is 1.42. The van der Waals surface area contributed by atoms with Gasteiger partial charge in [0.2, 0.25) is 17.7 Å². The largest absolute Gasteiger partial charge is 0.493 e. The Morgan fingerprint density at radius 3 is 2.40 bits per heavy atom. The van der Waals surface area contributed by atoms with Crippen LogP contribution in [0.2, 0.25) is 13.1 Å². The van der Waals surface area contributed by atoms with E-state index in [1.807, 2.05) is 12.1 Å². The number of anilines is 2. The molecule has 1 saturated heterocycles. The number of methoxy groups -OCH3 is 3. The van der Waals surface area contributed by atoms with Crippen molar-refractivity contribution in [3.8, 4) is 29.2 Å². The lowest BCUT2D eigenvalue weighted by Crippen LogP contribution is -2.44. The van der Waals surface area contributed by atoms with Crippen molar-refractivity contribution in [1.29, 1.82) is 0 Å². The van der Waals surface area contributed by atoms with E-state index in [1.165, 1.54) is 25.5 Å². The molecule has 0 radical (unpaired) electrons. The Morgan fingerprint density at radius 1 is 1.00 bits per heavy atom. The molecule has 0 unspecified atom stereocenters. The molecule has 2 N–H and O–H groups in total. The number of carbonyl (C=O) groups is 1. The molecule has 1 aromatic carbocycles. The molecule has 13 heteroatoms. The van der Waals surface area contributed by atoms with Gasteiger partial charge in [0, 0.05) is 38.8 Å². The third kappa shape index (κ3) is 6.95. The number of aromatic nitrogens is 2. The second kappa shape index (κ2) is 13.1. The van der Waals surface area contributed by atoms with Gasteiger partial charge >= 0.3 is 0 Å². The van der Waals surface area contributed by atoms with Gasteiger partial charge in [-0.3, -0.25) is 4.79 Å². The molecular weight excluding hydrogens is 568 g/mol. The van der Waals surface area contributed by atoms with E-state index in [0.29, 0.717) is 24.0 Å². The van der Waals surface area contributed by atoms with Gasteiger partial charge in [0.15, 0.2) is 22.9 Å². The van der Waals surface area contributed by atoms with Gasteiger partial charge in [-0.05, 0) is 49.0 Å². The van der Waals surface area contributed by atoms with Crippen molar-refractivity contribution in [2.45, 2.75) is 19.5 Å². The number of amides is 1. The number of rotatable bonds is 12. The number of ether oxygens (including phenoxy) is 4. The van der Waals surface area contributed by atoms with Crippen LogP contribution in [0.3, 0.4) is 0 Å². The van der Waals surface area contributed by atoms with Gasteiger partial charge in [0.05, 0.1) is 21.3 Å². The van der Waals surface area contributed by atoms with Crippen LogP contribution in [0, 0.1) is 0 Å². The summed E-state index contributed by atoms with van der Waals surface area (Å²) >= 11 is 0. The molecule has 2 aliphatic heterocycles. The van der Waals surface area contributed by atoms with E-state index in [1.54, 1.807) is 13.2 Å². The number of carbonyl (C=O) groups excluding carboxylic acids is 1. The van der Waals surface area contributed by atoms with Crippen LogP contribution in [0.5, 0.6) is 29.2 Å². The highest BCUT2D eigenvalue weighted by molar-refractivity contribution is 6.96. The van der Waals surface area contributed by atoms with E-state index in [-0.39, 0.29) is 29.2 Å². The molecule has 2 aromatic heterocycles. The molecule has 43 heavy (non-hydrogen) atoms. The highest BCUT2D eigenvalue weighted by atomic mass is 28.3. The summed E-state index contributed by atoms with van der Waals surface area (Å²) in [7, 11) is 4.98. The molecule has 0 aliphatic carbocycles. The standard InChI is InChI=1S/C30H40N6O6Si/c1-35-13-15-36(16-14-35)12-7-11-31-30-33-28(39-3)26(29(34-30)40-4)32-27(37)21-8-9-25(41-21)42-23-19-24-20(18-22(23)38-2)10-17-43(24,5)6/h8-10,17-19H,7,11-16H2,1-6H3,(H,32,37)(H,31,33,34). The summed E-state index contributed by atoms with van der Waals surface area (Å²) in [6.45, 7) is 10.5. The van der Waals surface area contributed by atoms with Crippen LogP contribution in [0.4, 0.5) is 11.6 Å². The fourth-order valence-corrected chi connectivity index (χ4v) is 7.33. The van der Waals surface area contributed by atoms with Gasteiger partial charge in [-0.25, -0.2) is 0 Å². The van der Waals surface area contributed by atoms with E-state index >= 15 is 0 Å². The van der Waals surface area contributed by atoms with Gasteiger partial charge < -0.3 is 43.8 Å². The van der Waals surface area contributed by atoms with Crippen LogP contribution < -0.4 is 34.8 Å². The van der Waals surface area contributed by atoms with Crippen molar-refractivity contribution in [1.82, 2.24) is 19.8 Å². The third-order valence-corrected chi connectivity index (χ3v) is 10.5. The molecule has 4 heterocycles. The molecule has 0 bridgehead atoms. The molecule has 5 rings (SSSR count). The number of hydrogen-bond acceptors (Lipinski definition) is 11. The normalized spacial score (nSPS) is 16.0. The average molecular weight is 609 g/mol. The van der Waals surface area contributed by atoms with Crippen molar-refractivity contribution >= 4 is 36.9 Å². The number of nitrogens with zero attached hydrogens (tertiary/aromatic N) is 4. The lowest BCUT2D eigenvalue weighted by Gasteiger charge is -2.32. The van der Waals surface area contributed by atoms with Crippen molar-refractivity contribution < 1.29 is 28.2 Å². The SMILES string of the molecule is COc1cc2c(cc1Oc1ccc(C(=O)Nc3c(OC)nc(NCCCN4CCN(C)CC4)nc3OC)o1)[Si](C)(C)C=C2. The molecule has 1 fully saturated rings. The molecule has 1 amide bonds. The number of fused-ring (bicyclic) bond motifs is 1. The maximum atomic E-state index is 13.2. The highest BCUT2D eigenvalue weighted by Crippen LogP contribution is 2.36. The Bertz CT molecular complexity index is 1460. The van der Waals surface area contributed by atoms with Crippen molar-refractivity contribution in [2.75, 3.05) is 78.3 Å². The number of likely N-dealkylation sites (N-methyl/N-ethyl adjacent to an activating group) is 1. The lowest BCUT2D eigenvalue weighted by atomic mass is 10.2. The minimum absolute atomic E-state index is 0.0294. The first-order chi connectivity index (χ1) is 20.7. The Morgan fingerprint density at radius 2 is 1.72 bits per heavy atom. The Hall–Kier alpha value is -4.07. The van der Waals surface area contributed by atoms with E-state index in [0.717, 1.165) is 44.7 Å². The molecule has 0 atom stereocenters. The molecule has 3 aromatic rings. The molecular formula is C30H40N6O6Si. The van der Waals surface area contributed by atoms with Crippen LogP contribution in [-0.2, 0) is 0 Å².